The van der Waals surface area contributed by atoms with Crippen LogP contribution in [-0.2, 0) is 20.8 Å². The number of carbonyl (C=O) groups excluding carboxylic acids is 1. The van der Waals surface area contributed by atoms with Gasteiger partial charge in [-0.25, -0.2) is 4.68 Å². The number of hydrogen-bond acceptors (Lipinski definition) is 6. The van der Waals surface area contributed by atoms with Crippen molar-refractivity contribution in [3.63, 3.8) is 0 Å². The summed E-state index contributed by atoms with van der Waals surface area (Å²) in [5, 5.41) is 1.76. The highest BCUT2D eigenvalue weighted by molar-refractivity contribution is 5.68. The fourth-order valence-corrected chi connectivity index (χ4v) is 1.98. The van der Waals surface area contributed by atoms with Crippen LogP contribution in [0.5, 0.6) is 0 Å². The molecule has 0 unspecified atom stereocenters. The van der Waals surface area contributed by atoms with Gasteiger partial charge in [-0.15, -0.1) is 0 Å². The number of methoxy groups -OCH3 is 1. The molecule has 0 N–H and O–H groups in total. The first-order valence-electron chi connectivity index (χ1n) is 6.35. The normalized spacial score (nSPS) is 15.2. The molecule has 1 saturated heterocycles. The summed E-state index contributed by atoms with van der Waals surface area (Å²) in [6.45, 7) is 2.30. The van der Waals surface area contributed by atoms with Crippen molar-refractivity contribution in [2.75, 3.05) is 38.4 Å². The number of morpholine rings is 1. The predicted molar refractivity (Wildman–Crippen MR) is 70.4 cm³/mol. The molecule has 0 aliphatic carbocycles. The van der Waals surface area contributed by atoms with E-state index in [1.165, 1.54) is 28.7 Å². The van der Waals surface area contributed by atoms with Crippen LogP contribution in [-0.4, -0.2) is 48.6 Å². The van der Waals surface area contributed by atoms with Gasteiger partial charge in [0.2, 0.25) is 0 Å². The van der Waals surface area contributed by atoms with E-state index in [-0.39, 0.29) is 13.0 Å². The van der Waals surface area contributed by atoms with Crippen LogP contribution in [0.1, 0.15) is 6.42 Å². The molecule has 0 amide bonds. The van der Waals surface area contributed by atoms with Gasteiger partial charge in [-0.2, -0.15) is 0 Å². The van der Waals surface area contributed by atoms with Crippen LogP contribution in [0.15, 0.2) is 22.0 Å². The third kappa shape index (κ3) is 3.08. The minimum atomic E-state index is -0.650. The van der Waals surface area contributed by atoms with Crippen molar-refractivity contribution in [3.05, 3.63) is 33.1 Å². The number of carbonyl (C=O) groups is 1. The summed E-state index contributed by atoms with van der Waals surface area (Å²) in [4.78, 5) is 35.0. The van der Waals surface area contributed by atoms with E-state index in [9.17, 15) is 14.4 Å². The van der Waals surface area contributed by atoms with Crippen LogP contribution in [0.2, 0.25) is 0 Å². The van der Waals surface area contributed by atoms with E-state index in [2.05, 4.69) is 4.74 Å². The summed E-state index contributed by atoms with van der Waals surface area (Å²) < 4.78 is 12.2. The maximum Gasteiger partial charge on any atom is 0.334 e. The van der Waals surface area contributed by atoms with Crippen LogP contribution in [0, 0.1) is 0 Å². The molecular weight excluding hydrogens is 266 g/mol. The molecule has 1 aliphatic rings. The summed E-state index contributed by atoms with van der Waals surface area (Å²) >= 11 is 0. The molecule has 0 spiro atoms. The Bertz CT molecular complexity index is 585. The minimum absolute atomic E-state index is 0.0530. The number of nitrogens with zero attached hydrogens (tertiary/aromatic N) is 3. The van der Waals surface area contributed by atoms with Gasteiger partial charge in [-0.3, -0.25) is 14.4 Å². The molecule has 0 aromatic carbocycles. The van der Waals surface area contributed by atoms with Gasteiger partial charge < -0.3 is 19.0 Å². The van der Waals surface area contributed by atoms with Crippen molar-refractivity contribution >= 4 is 5.97 Å². The van der Waals surface area contributed by atoms with Gasteiger partial charge in [0.25, 0.3) is 0 Å². The van der Waals surface area contributed by atoms with Crippen molar-refractivity contribution < 1.29 is 14.3 Å². The predicted octanol–water partition coefficient (Wildman–Crippen LogP) is -1.46. The monoisotopic (exact) mass is 283 g/mol. The third-order valence-electron chi connectivity index (χ3n) is 3.12. The van der Waals surface area contributed by atoms with Crippen molar-refractivity contribution in [1.82, 2.24) is 9.24 Å². The molecule has 110 valence electrons. The summed E-state index contributed by atoms with van der Waals surface area (Å²) in [5.74, 6) is -0.422. The topological polar surface area (TPSA) is 82.8 Å². The zero-order valence-corrected chi connectivity index (χ0v) is 11.3. The Hall–Kier alpha value is -2.09. The van der Waals surface area contributed by atoms with E-state index in [0.717, 1.165) is 0 Å². The Morgan fingerprint density at radius 2 is 1.95 bits per heavy atom. The molecule has 1 fully saturated rings. The van der Waals surface area contributed by atoms with Crippen LogP contribution in [0.3, 0.4) is 0 Å². The lowest BCUT2D eigenvalue weighted by Crippen LogP contribution is -2.53. The number of rotatable bonds is 4. The highest BCUT2D eigenvalue weighted by Crippen LogP contribution is 1.95. The fraction of sp³-hybridized carbons (Fsp3) is 0.583. The number of aryl methyl sites for hydroxylation is 1. The van der Waals surface area contributed by atoms with Gasteiger partial charge in [0.1, 0.15) is 0 Å². The van der Waals surface area contributed by atoms with E-state index < -0.39 is 17.1 Å². The number of hydrogen-bond donors (Lipinski definition) is 0. The fourth-order valence-electron chi connectivity index (χ4n) is 1.98. The molecule has 2 rings (SSSR count). The second kappa shape index (κ2) is 6.38. The first-order chi connectivity index (χ1) is 9.63. The Morgan fingerprint density at radius 3 is 2.60 bits per heavy atom. The van der Waals surface area contributed by atoms with Gasteiger partial charge in [-0.05, 0) is 0 Å². The smallest absolute Gasteiger partial charge is 0.334 e. The Kier molecular flexibility index (Phi) is 4.57. The largest absolute Gasteiger partial charge is 0.469 e. The highest BCUT2D eigenvalue weighted by Gasteiger charge is 2.14. The van der Waals surface area contributed by atoms with Gasteiger partial charge in [0, 0.05) is 18.9 Å². The van der Waals surface area contributed by atoms with Gasteiger partial charge in [0.05, 0.1) is 39.8 Å². The number of ether oxygens (including phenoxy) is 2. The maximum atomic E-state index is 12.0. The molecule has 0 radical (unpaired) electrons. The average molecular weight is 283 g/mol. The lowest BCUT2D eigenvalue weighted by molar-refractivity contribution is -0.140. The van der Waals surface area contributed by atoms with Crippen LogP contribution >= 0.6 is 0 Å². The van der Waals surface area contributed by atoms with Gasteiger partial charge >= 0.3 is 17.1 Å². The average Bonchev–Trinajstić information content (AvgIpc) is 2.49. The van der Waals surface area contributed by atoms with Crippen LogP contribution in [0.4, 0.5) is 0 Å². The van der Waals surface area contributed by atoms with E-state index in [1.54, 1.807) is 5.01 Å². The molecule has 1 aromatic heterocycles. The molecule has 1 aliphatic heterocycles. The molecule has 0 saturated carbocycles. The van der Waals surface area contributed by atoms with Gasteiger partial charge in [-0.1, -0.05) is 0 Å². The molecule has 20 heavy (non-hydrogen) atoms. The first-order valence-corrected chi connectivity index (χ1v) is 6.35. The first kappa shape index (κ1) is 14.3. The highest BCUT2D eigenvalue weighted by atomic mass is 16.5. The summed E-state index contributed by atoms with van der Waals surface area (Å²) in [6, 6.07) is 0. The zero-order chi connectivity index (χ0) is 14.5. The summed E-state index contributed by atoms with van der Waals surface area (Å²) in [6.07, 6.45) is 3.09. The number of esters is 1. The SMILES string of the molecule is COC(=O)CCn1ccn(N2CCOCC2)c(=O)c1=O. The van der Waals surface area contributed by atoms with Crippen molar-refractivity contribution in [2.24, 2.45) is 0 Å². The van der Waals surface area contributed by atoms with E-state index >= 15 is 0 Å². The maximum absolute atomic E-state index is 12.0. The molecule has 0 atom stereocenters. The second-order valence-electron chi connectivity index (χ2n) is 4.34. The lowest BCUT2D eigenvalue weighted by atomic mass is 10.4. The van der Waals surface area contributed by atoms with Crippen molar-refractivity contribution in [3.8, 4) is 0 Å². The Labute approximate surface area is 115 Å². The van der Waals surface area contributed by atoms with E-state index in [0.29, 0.717) is 26.3 Å². The Balaban J connectivity index is 2.18. The van der Waals surface area contributed by atoms with Crippen molar-refractivity contribution in [2.45, 2.75) is 13.0 Å². The molecule has 0 bridgehead atoms. The number of aromatic nitrogens is 2. The summed E-state index contributed by atoms with van der Waals surface area (Å²) in [7, 11) is 1.28. The zero-order valence-electron chi connectivity index (χ0n) is 11.3. The lowest BCUT2D eigenvalue weighted by Gasteiger charge is -2.29. The van der Waals surface area contributed by atoms with Gasteiger partial charge in [0.15, 0.2) is 0 Å². The third-order valence-corrected chi connectivity index (χ3v) is 3.12. The molecule has 1 aromatic rings. The van der Waals surface area contributed by atoms with Crippen LogP contribution in [0.25, 0.3) is 0 Å². The quantitative estimate of drug-likeness (QED) is 0.496. The second-order valence-corrected chi connectivity index (χ2v) is 4.34. The molecule has 8 nitrogen and oxygen atoms in total. The van der Waals surface area contributed by atoms with Crippen molar-refractivity contribution in [1.29, 1.82) is 0 Å². The Morgan fingerprint density at radius 1 is 1.25 bits per heavy atom. The van der Waals surface area contributed by atoms with E-state index in [1.807, 2.05) is 0 Å². The van der Waals surface area contributed by atoms with Crippen LogP contribution < -0.4 is 16.1 Å². The minimum Gasteiger partial charge on any atom is -0.469 e. The molecule has 2 heterocycles. The molecular formula is C12H17N3O5. The molecule has 8 heteroatoms. The standard InChI is InChI=1S/C12H17N3O5/c1-19-10(16)2-3-13-4-5-15(12(18)11(13)17)14-6-8-20-9-7-14/h4-5H,2-3,6-9H2,1H3. The van der Waals surface area contributed by atoms with E-state index in [4.69, 9.17) is 4.74 Å². The summed E-state index contributed by atoms with van der Waals surface area (Å²) in [5.41, 5.74) is -1.28.